The normalized spacial score (nSPS) is 10.2. The summed E-state index contributed by atoms with van der Waals surface area (Å²) >= 11 is 1.66. The predicted molar refractivity (Wildman–Crippen MR) is 71.7 cm³/mol. The van der Waals surface area contributed by atoms with Crippen molar-refractivity contribution in [2.75, 3.05) is 11.9 Å². The van der Waals surface area contributed by atoms with Crippen LogP contribution < -0.4 is 10.1 Å². The van der Waals surface area contributed by atoms with Crippen LogP contribution in [0.25, 0.3) is 0 Å². The molecule has 0 amide bonds. The summed E-state index contributed by atoms with van der Waals surface area (Å²) in [6.45, 7) is 3.64. The van der Waals surface area contributed by atoms with Gasteiger partial charge >= 0.3 is 0 Å². The number of hydrogen-bond acceptors (Lipinski definition) is 4. The van der Waals surface area contributed by atoms with Gasteiger partial charge in [-0.05, 0) is 30.7 Å². The van der Waals surface area contributed by atoms with Crippen molar-refractivity contribution in [3.8, 4) is 5.75 Å². The van der Waals surface area contributed by atoms with Gasteiger partial charge in [-0.2, -0.15) is 0 Å². The summed E-state index contributed by atoms with van der Waals surface area (Å²) in [5.41, 5.74) is 1.09. The quantitative estimate of drug-likeness (QED) is 0.849. The molecule has 1 aromatic heterocycles. The molecule has 17 heavy (non-hydrogen) atoms. The van der Waals surface area contributed by atoms with Gasteiger partial charge in [0.2, 0.25) is 0 Å². The number of benzene rings is 1. The molecule has 0 saturated carbocycles. The second kappa shape index (κ2) is 6.25. The smallest absolute Gasteiger partial charge is 0.119 e. The molecule has 3 nitrogen and oxygen atoms in total. The van der Waals surface area contributed by atoms with Crippen LogP contribution in [-0.4, -0.2) is 11.6 Å². The van der Waals surface area contributed by atoms with Crippen LogP contribution in [0, 0.1) is 0 Å². The van der Waals surface area contributed by atoms with Crippen molar-refractivity contribution < 1.29 is 4.74 Å². The first-order chi connectivity index (χ1) is 8.38. The van der Waals surface area contributed by atoms with Crippen molar-refractivity contribution in [3.63, 3.8) is 0 Å². The van der Waals surface area contributed by atoms with Crippen LogP contribution in [0.1, 0.15) is 18.4 Å². The number of hydrogen-bond donors (Lipinski definition) is 1. The molecule has 0 saturated heterocycles. The fourth-order valence-corrected chi connectivity index (χ4v) is 1.96. The molecule has 0 aliphatic rings. The van der Waals surface area contributed by atoms with Gasteiger partial charge in [0.1, 0.15) is 10.8 Å². The van der Waals surface area contributed by atoms with Gasteiger partial charge in [-0.15, -0.1) is 11.3 Å². The molecule has 0 spiro atoms. The highest BCUT2D eigenvalue weighted by molar-refractivity contribution is 7.09. The Morgan fingerprint density at radius 2 is 2.12 bits per heavy atom. The molecule has 1 aromatic carbocycles. The molecule has 0 bridgehead atoms. The monoisotopic (exact) mass is 248 g/mol. The molecule has 0 radical (unpaired) electrons. The second-order valence-electron chi connectivity index (χ2n) is 3.65. The van der Waals surface area contributed by atoms with E-state index in [0.29, 0.717) is 0 Å². The number of thiazole rings is 1. The zero-order valence-corrected chi connectivity index (χ0v) is 10.7. The van der Waals surface area contributed by atoms with E-state index in [1.807, 2.05) is 35.8 Å². The highest BCUT2D eigenvalue weighted by atomic mass is 32.1. The van der Waals surface area contributed by atoms with Crippen LogP contribution in [-0.2, 0) is 6.54 Å². The van der Waals surface area contributed by atoms with E-state index in [2.05, 4.69) is 17.2 Å². The van der Waals surface area contributed by atoms with Gasteiger partial charge in [0.25, 0.3) is 0 Å². The van der Waals surface area contributed by atoms with Crippen LogP contribution >= 0.6 is 11.3 Å². The number of rotatable bonds is 6. The molecule has 1 heterocycles. The van der Waals surface area contributed by atoms with Gasteiger partial charge in [0.15, 0.2) is 0 Å². The zero-order valence-electron chi connectivity index (χ0n) is 9.85. The van der Waals surface area contributed by atoms with E-state index in [-0.39, 0.29) is 0 Å². The lowest BCUT2D eigenvalue weighted by molar-refractivity contribution is 0.317. The van der Waals surface area contributed by atoms with Crippen molar-refractivity contribution in [1.29, 1.82) is 0 Å². The van der Waals surface area contributed by atoms with Crippen LogP contribution in [0.15, 0.2) is 35.8 Å². The zero-order chi connectivity index (χ0) is 11.9. The third-order valence-corrected chi connectivity index (χ3v) is 3.03. The summed E-state index contributed by atoms with van der Waals surface area (Å²) in [5.74, 6) is 0.923. The molecule has 0 unspecified atom stereocenters. The Morgan fingerprint density at radius 1 is 1.29 bits per heavy atom. The Balaban J connectivity index is 1.85. The molecule has 2 rings (SSSR count). The molecule has 0 atom stereocenters. The van der Waals surface area contributed by atoms with E-state index >= 15 is 0 Å². The van der Waals surface area contributed by atoms with Crippen LogP contribution in [0.4, 0.5) is 5.69 Å². The Hall–Kier alpha value is -1.55. The fourth-order valence-electron chi connectivity index (χ4n) is 1.41. The molecule has 0 aliphatic carbocycles. The van der Waals surface area contributed by atoms with Crippen molar-refractivity contribution >= 4 is 17.0 Å². The van der Waals surface area contributed by atoms with Gasteiger partial charge in [0, 0.05) is 17.3 Å². The first kappa shape index (κ1) is 11.9. The maximum absolute atomic E-state index is 5.52. The lowest BCUT2D eigenvalue weighted by Crippen LogP contribution is -1.99. The van der Waals surface area contributed by atoms with E-state index < -0.39 is 0 Å². The minimum absolute atomic E-state index is 0.770. The first-order valence-corrected chi connectivity index (χ1v) is 6.61. The SMILES string of the molecule is CCCOc1ccc(NCc2nccs2)cc1. The van der Waals surface area contributed by atoms with Crippen LogP contribution in [0.5, 0.6) is 5.75 Å². The van der Waals surface area contributed by atoms with Gasteiger partial charge in [-0.3, -0.25) is 0 Å². The van der Waals surface area contributed by atoms with Gasteiger partial charge in [0.05, 0.1) is 13.2 Å². The minimum atomic E-state index is 0.770. The summed E-state index contributed by atoms with van der Waals surface area (Å²) in [5, 5.41) is 6.40. The van der Waals surface area contributed by atoms with E-state index in [4.69, 9.17) is 4.74 Å². The molecule has 1 N–H and O–H groups in total. The third-order valence-electron chi connectivity index (χ3n) is 2.25. The maximum Gasteiger partial charge on any atom is 0.119 e. The first-order valence-electron chi connectivity index (χ1n) is 5.73. The highest BCUT2D eigenvalue weighted by Crippen LogP contribution is 2.17. The standard InChI is InChI=1S/C13H16N2OS/c1-2-8-16-12-5-3-11(4-6-12)15-10-13-14-7-9-17-13/h3-7,9,15H,2,8,10H2,1H3. The molecule has 0 aliphatic heterocycles. The second-order valence-corrected chi connectivity index (χ2v) is 4.63. The topological polar surface area (TPSA) is 34.1 Å². The molecular weight excluding hydrogens is 232 g/mol. The van der Waals surface area contributed by atoms with E-state index in [0.717, 1.165) is 36.0 Å². The number of aromatic nitrogens is 1. The number of anilines is 1. The summed E-state index contributed by atoms with van der Waals surface area (Å²) in [6, 6.07) is 8.02. The lowest BCUT2D eigenvalue weighted by atomic mass is 10.3. The number of nitrogens with one attached hydrogen (secondary N) is 1. The van der Waals surface area contributed by atoms with Crippen LogP contribution in [0.3, 0.4) is 0 Å². The average molecular weight is 248 g/mol. The molecule has 0 fully saturated rings. The summed E-state index contributed by atoms with van der Waals surface area (Å²) in [7, 11) is 0. The van der Waals surface area contributed by atoms with Crippen molar-refractivity contribution in [2.24, 2.45) is 0 Å². The maximum atomic E-state index is 5.52. The third kappa shape index (κ3) is 3.75. The van der Waals surface area contributed by atoms with E-state index in [9.17, 15) is 0 Å². The number of ether oxygens (including phenoxy) is 1. The summed E-state index contributed by atoms with van der Waals surface area (Å²) in [4.78, 5) is 4.22. The molecule has 90 valence electrons. The average Bonchev–Trinajstić information content (AvgIpc) is 2.88. The summed E-state index contributed by atoms with van der Waals surface area (Å²) in [6.07, 6.45) is 2.85. The summed E-state index contributed by atoms with van der Waals surface area (Å²) < 4.78 is 5.52. The Labute approximate surface area is 105 Å². The van der Waals surface area contributed by atoms with Crippen LogP contribution in [0.2, 0.25) is 0 Å². The fraction of sp³-hybridized carbons (Fsp3) is 0.308. The molecular formula is C13H16N2OS. The van der Waals surface area contributed by atoms with E-state index in [1.54, 1.807) is 11.3 Å². The van der Waals surface area contributed by atoms with Gasteiger partial charge in [-0.1, -0.05) is 6.92 Å². The highest BCUT2D eigenvalue weighted by Gasteiger charge is 1.97. The van der Waals surface area contributed by atoms with Crippen molar-refractivity contribution in [1.82, 2.24) is 4.98 Å². The minimum Gasteiger partial charge on any atom is -0.494 e. The van der Waals surface area contributed by atoms with Gasteiger partial charge < -0.3 is 10.1 Å². The van der Waals surface area contributed by atoms with Crippen molar-refractivity contribution in [2.45, 2.75) is 19.9 Å². The Bertz CT molecular complexity index is 425. The molecule has 2 aromatic rings. The Morgan fingerprint density at radius 3 is 2.76 bits per heavy atom. The molecule has 4 heteroatoms. The van der Waals surface area contributed by atoms with Crippen molar-refractivity contribution in [3.05, 3.63) is 40.8 Å². The van der Waals surface area contributed by atoms with Gasteiger partial charge in [-0.25, -0.2) is 4.98 Å². The van der Waals surface area contributed by atoms with E-state index in [1.165, 1.54) is 0 Å². The largest absolute Gasteiger partial charge is 0.494 e. The Kier molecular flexibility index (Phi) is 4.38. The lowest BCUT2D eigenvalue weighted by Gasteiger charge is -2.07. The number of nitrogens with zero attached hydrogens (tertiary/aromatic N) is 1. The predicted octanol–water partition coefficient (Wildman–Crippen LogP) is 3.54.